The standard InChI is InChI=1S/C24H22N2S/c1-4-18-22(17-11-6-5-7-12-17)23-19(13-9-15-21(23)27-3)26-24(18)20-14-8-10-16(2)25-20/h5-15H,4H2,1-3H3. The monoisotopic (exact) mass is 370 g/mol. The van der Waals surface area contributed by atoms with Crippen LogP contribution in [0.25, 0.3) is 33.4 Å². The molecule has 134 valence electrons. The van der Waals surface area contributed by atoms with E-state index in [0.717, 1.165) is 29.0 Å². The molecule has 4 rings (SSSR count). The SMILES string of the molecule is CCc1c(-c2cccc(C)n2)nc2cccc(SC)c2c1-c1ccccc1. The van der Waals surface area contributed by atoms with E-state index in [1.807, 2.05) is 13.0 Å². The molecular formula is C24H22N2S. The minimum absolute atomic E-state index is 0.904. The number of rotatable bonds is 4. The van der Waals surface area contributed by atoms with Crippen molar-refractivity contribution in [3.05, 3.63) is 78.0 Å². The summed E-state index contributed by atoms with van der Waals surface area (Å²) >= 11 is 1.77. The van der Waals surface area contributed by atoms with Crippen LogP contribution in [0.15, 0.2) is 71.6 Å². The number of thioether (sulfide) groups is 1. The Bertz CT molecular complexity index is 1100. The lowest BCUT2D eigenvalue weighted by molar-refractivity contribution is 1.10. The van der Waals surface area contributed by atoms with Crippen molar-refractivity contribution < 1.29 is 0 Å². The van der Waals surface area contributed by atoms with Gasteiger partial charge < -0.3 is 0 Å². The van der Waals surface area contributed by atoms with Crippen molar-refractivity contribution in [3.63, 3.8) is 0 Å². The summed E-state index contributed by atoms with van der Waals surface area (Å²) in [4.78, 5) is 11.1. The number of hydrogen-bond donors (Lipinski definition) is 0. The molecular weight excluding hydrogens is 348 g/mol. The summed E-state index contributed by atoms with van der Waals surface area (Å²) < 4.78 is 0. The quantitative estimate of drug-likeness (QED) is 0.381. The second kappa shape index (κ2) is 7.53. The number of aromatic nitrogens is 2. The highest BCUT2D eigenvalue weighted by atomic mass is 32.2. The molecule has 0 spiro atoms. The molecule has 2 aromatic carbocycles. The highest BCUT2D eigenvalue weighted by molar-refractivity contribution is 7.98. The maximum Gasteiger partial charge on any atom is 0.0932 e. The zero-order valence-corrected chi connectivity index (χ0v) is 16.7. The molecule has 0 unspecified atom stereocenters. The van der Waals surface area contributed by atoms with E-state index in [-0.39, 0.29) is 0 Å². The molecule has 0 atom stereocenters. The fourth-order valence-electron chi connectivity index (χ4n) is 3.65. The van der Waals surface area contributed by atoms with Crippen LogP contribution < -0.4 is 0 Å². The molecule has 0 saturated heterocycles. The molecule has 4 aromatic rings. The van der Waals surface area contributed by atoms with Crippen LogP contribution in [-0.4, -0.2) is 16.2 Å². The summed E-state index contributed by atoms with van der Waals surface area (Å²) in [6.45, 7) is 4.23. The van der Waals surface area contributed by atoms with Gasteiger partial charge in [0.05, 0.1) is 16.9 Å². The Labute approximate surface area is 164 Å². The lowest BCUT2D eigenvalue weighted by atomic mass is 9.91. The summed E-state index contributed by atoms with van der Waals surface area (Å²) in [5.74, 6) is 0. The van der Waals surface area contributed by atoms with E-state index in [4.69, 9.17) is 9.97 Å². The minimum Gasteiger partial charge on any atom is -0.251 e. The van der Waals surface area contributed by atoms with Crippen molar-refractivity contribution in [2.45, 2.75) is 25.2 Å². The molecule has 2 aromatic heterocycles. The zero-order chi connectivity index (χ0) is 18.8. The Morgan fingerprint density at radius 2 is 1.63 bits per heavy atom. The average Bonchev–Trinajstić information content (AvgIpc) is 2.72. The van der Waals surface area contributed by atoms with Gasteiger partial charge in [-0.1, -0.05) is 49.4 Å². The van der Waals surface area contributed by atoms with Crippen LogP contribution in [0.1, 0.15) is 18.2 Å². The zero-order valence-electron chi connectivity index (χ0n) is 15.9. The summed E-state index contributed by atoms with van der Waals surface area (Å²) in [6.07, 6.45) is 3.03. The van der Waals surface area contributed by atoms with Crippen LogP contribution in [0.4, 0.5) is 0 Å². The Morgan fingerprint density at radius 3 is 2.33 bits per heavy atom. The Kier molecular flexibility index (Phi) is 4.95. The van der Waals surface area contributed by atoms with Gasteiger partial charge in [-0.25, -0.2) is 4.98 Å². The highest BCUT2D eigenvalue weighted by Crippen LogP contribution is 2.40. The third-order valence-electron chi connectivity index (χ3n) is 4.84. The molecule has 0 N–H and O–H groups in total. The van der Waals surface area contributed by atoms with E-state index in [9.17, 15) is 0 Å². The van der Waals surface area contributed by atoms with E-state index < -0.39 is 0 Å². The molecule has 3 heteroatoms. The van der Waals surface area contributed by atoms with Crippen LogP contribution in [0.2, 0.25) is 0 Å². The van der Waals surface area contributed by atoms with Crippen LogP contribution in [-0.2, 0) is 6.42 Å². The number of benzene rings is 2. The van der Waals surface area contributed by atoms with E-state index in [2.05, 4.69) is 73.8 Å². The fourth-order valence-corrected chi connectivity index (χ4v) is 4.27. The number of hydrogen-bond acceptors (Lipinski definition) is 3. The van der Waals surface area contributed by atoms with E-state index in [1.165, 1.54) is 27.0 Å². The second-order valence-electron chi connectivity index (χ2n) is 6.55. The van der Waals surface area contributed by atoms with Gasteiger partial charge >= 0.3 is 0 Å². The van der Waals surface area contributed by atoms with Crippen molar-refractivity contribution in [1.29, 1.82) is 0 Å². The molecule has 0 radical (unpaired) electrons. The summed E-state index contributed by atoms with van der Waals surface area (Å²) in [5.41, 5.74) is 7.75. The molecule has 27 heavy (non-hydrogen) atoms. The lowest BCUT2D eigenvalue weighted by Crippen LogP contribution is -2.01. The minimum atomic E-state index is 0.904. The first-order chi connectivity index (χ1) is 13.2. The van der Waals surface area contributed by atoms with Crippen LogP contribution >= 0.6 is 11.8 Å². The van der Waals surface area contributed by atoms with Crippen molar-refractivity contribution >= 4 is 22.7 Å². The third kappa shape index (κ3) is 3.24. The molecule has 0 saturated carbocycles. The van der Waals surface area contributed by atoms with Crippen molar-refractivity contribution in [1.82, 2.24) is 9.97 Å². The largest absolute Gasteiger partial charge is 0.251 e. The van der Waals surface area contributed by atoms with Crippen LogP contribution in [0.3, 0.4) is 0 Å². The Hall–Kier alpha value is -2.65. The number of fused-ring (bicyclic) bond motifs is 1. The summed E-state index contributed by atoms with van der Waals surface area (Å²) in [5, 5.41) is 1.24. The number of aryl methyl sites for hydroxylation is 1. The maximum atomic E-state index is 5.08. The van der Waals surface area contributed by atoms with Crippen LogP contribution in [0.5, 0.6) is 0 Å². The fraction of sp³-hybridized carbons (Fsp3) is 0.167. The smallest absolute Gasteiger partial charge is 0.0932 e. The van der Waals surface area contributed by atoms with Gasteiger partial charge in [0.1, 0.15) is 0 Å². The first-order valence-electron chi connectivity index (χ1n) is 9.22. The van der Waals surface area contributed by atoms with Gasteiger partial charge in [-0.05, 0) is 60.6 Å². The molecule has 0 aliphatic carbocycles. The van der Waals surface area contributed by atoms with Gasteiger partial charge in [-0.2, -0.15) is 0 Å². The van der Waals surface area contributed by atoms with Gasteiger partial charge in [0, 0.05) is 16.0 Å². The van der Waals surface area contributed by atoms with E-state index in [1.54, 1.807) is 11.8 Å². The molecule has 2 nitrogen and oxygen atoms in total. The topological polar surface area (TPSA) is 25.8 Å². The second-order valence-corrected chi connectivity index (χ2v) is 7.40. The Balaban J connectivity index is 2.16. The molecule has 2 heterocycles. The highest BCUT2D eigenvalue weighted by Gasteiger charge is 2.19. The summed E-state index contributed by atoms with van der Waals surface area (Å²) in [6, 6.07) is 23.2. The first kappa shape index (κ1) is 17.7. The first-order valence-corrected chi connectivity index (χ1v) is 10.4. The normalized spacial score (nSPS) is 11.1. The molecule has 0 bridgehead atoms. The lowest BCUT2D eigenvalue weighted by Gasteiger charge is -2.18. The van der Waals surface area contributed by atoms with Gasteiger partial charge in [0.2, 0.25) is 0 Å². The van der Waals surface area contributed by atoms with E-state index >= 15 is 0 Å². The van der Waals surface area contributed by atoms with Crippen molar-refractivity contribution in [2.75, 3.05) is 6.26 Å². The summed E-state index contributed by atoms with van der Waals surface area (Å²) in [7, 11) is 0. The Morgan fingerprint density at radius 1 is 0.852 bits per heavy atom. The van der Waals surface area contributed by atoms with Gasteiger partial charge in [-0.15, -0.1) is 11.8 Å². The predicted octanol–water partition coefficient (Wildman–Crippen LogP) is 6.56. The van der Waals surface area contributed by atoms with Gasteiger partial charge in [0.25, 0.3) is 0 Å². The maximum absolute atomic E-state index is 5.08. The van der Waals surface area contributed by atoms with Crippen molar-refractivity contribution in [2.24, 2.45) is 0 Å². The van der Waals surface area contributed by atoms with Crippen LogP contribution in [0, 0.1) is 6.92 Å². The van der Waals surface area contributed by atoms with Gasteiger partial charge in [-0.3, -0.25) is 4.98 Å². The number of pyridine rings is 2. The molecule has 0 amide bonds. The predicted molar refractivity (Wildman–Crippen MR) is 116 cm³/mol. The average molecular weight is 371 g/mol. The van der Waals surface area contributed by atoms with E-state index in [0.29, 0.717) is 0 Å². The number of nitrogens with zero attached hydrogens (tertiary/aromatic N) is 2. The third-order valence-corrected chi connectivity index (χ3v) is 5.62. The van der Waals surface area contributed by atoms with Gasteiger partial charge in [0.15, 0.2) is 0 Å². The molecule has 0 aliphatic rings. The molecule has 0 aliphatic heterocycles. The molecule has 0 fully saturated rings. The van der Waals surface area contributed by atoms with Crippen molar-refractivity contribution in [3.8, 4) is 22.5 Å².